The molecule has 1 atom stereocenters. The fourth-order valence-corrected chi connectivity index (χ4v) is 3.48. The van der Waals surface area contributed by atoms with Crippen molar-refractivity contribution in [1.29, 1.82) is 0 Å². The molecule has 2 N–H and O–H groups in total. The minimum atomic E-state index is -0.999. The summed E-state index contributed by atoms with van der Waals surface area (Å²) in [6, 6.07) is 16.0. The van der Waals surface area contributed by atoms with Gasteiger partial charge in [-0.15, -0.1) is 0 Å². The van der Waals surface area contributed by atoms with Gasteiger partial charge in [0.1, 0.15) is 5.58 Å². The Morgan fingerprint density at radius 3 is 2.69 bits per heavy atom. The van der Waals surface area contributed by atoms with Crippen molar-refractivity contribution in [2.45, 2.75) is 24.9 Å². The van der Waals surface area contributed by atoms with Crippen LogP contribution < -0.4 is 10.7 Å². The summed E-state index contributed by atoms with van der Waals surface area (Å²) in [4.78, 5) is 24.5. The van der Waals surface area contributed by atoms with Crippen LogP contribution in [0.5, 0.6) is 0 Å². The standard InChI is InChI=1S/C21H19NO4/c23-17-11-19(26-18-8-4-3-7-16(17)18)20(24)22-13-21(25)10-9-14-5-1-2-6-15(14)12-21/h1-8,11,25H,9-10,12-13H2,(H,22,24). The molecule has 1 aromatic heterocycles. The van der Waals surface area contributed by atoms with Crippen LogP contribution in [0.25, 0.3) is 11.0 Å². The number of benzene rings is 2. The molecule has 4 rings (SSSR count). The largest absolute Gasteiger partial charge is 0.451 e. The van der Waals surface area contributed by atoms with Crippen molar-refractivity contribution in [1.82, 2.24) is 5.32 Å². The van der Waals surface area contributed by atoms with Crippen molar-refractivity contribution in [3.8, 4) is 0 Å². The molecular formula is C21H19NO4. The fourth-order valence-electron chi connectivity index (χ4n) is 3.48. The molecule has 1 amide bonds. The predicted octanol–water partition coefficient (Wildman–Crippen LogP) is 2.44. The number of carbonyl (C=O) groups is 1. The highest BCUT2D eigenvalue weighted by atomic mass is 16.3. The van der Waals surface area contributed by atoms with E-state index in [4.69, 9.17) is 4.42 Å². The topological polar surface area (TPSA) is 79.5 Å². The smallest absolute Gasteiger partial charge is 0.287 e. The van der Waals surface area contributed by atoms with Crippen molar-refractivity contribution in [3.63, 3.8) is 0 Å². The number of hydrogen-bond donors (Lipinski definition) is 2. The number of aryl methyl sites for hydroxylation is 1. The van der Waals surface area contributed by atoms with Crippen LogP contribution in [0.15, 0.2) is 63.8 Å². The summed E-state index contributed by atoms with van der Waals surface area (Å²) in [7, 11) is 0. The van der Waals surface area contributed by atoms with E-state index >= 15 is 0 Å². The lowest BCUT2D eigenvalue weighted by molar-refractivity contribution is 0.0256. The van der Waals surface area contributed by atoms with Gasteiger partial charge in [0.25, 0.3) is 5.91 Å². The van der Waals surface area contributed by atoms with E-state index in [1.54, 1.807) is 24.3 Å². The Hall–Kier alpha value is -2.92. The molecule has 26 heavy (non-hydrogen) atoms. The monoisotopic (exact) mass is 349 g/mol. The lowest BCUT2D eigenvalue weighted by Crippen LogP contribution is -2.46. The highest BCUT2D eigenvalue weighted by Gasteiger charge is 2.32. The highest BCUT2D eigenvalue weighted by Crippen LogP contribution is 2.28. The lowest BCUT2D eigenvalue weighted by atomic mass is 9.80. The molecule has 1 aliphatic rings. The van der Waals surface area contributed by atoms with Crippen LogP contribution in [-0.2, 0) is 12.8 Å². The van der Waals surface area contributed by atoms with Crippen LogP contribution in [0.1, 0.15) is 28.1 Å². The molecule has 0 spiro atoms. The van der Waals surface area contributed by atoms with E-state index in [0.29, 0.717) is 23.8 Å². The van der Waals surface area contributed by atoms with E-state index in [1.807, 2.05) is 18.2 Å². The number of para-hydroxylation sites is 1. The first kappa shape index (κ1) is 16.5. The number of nitrogens with one attached hydrogen (secondary N) is 1. The van der Waals surface area contributed by atoms with Gasteiger partial charge in [-0.05, 0) is 36.1 Å². The number of carbonyl (C=O) groups excluding carboxylic acids is 1. The molecule has 2 aromatic carbocycles. The number of rotatable bonds is 3. The van der Waals surface area contributed by atoms with Crippen LogP contribution in [0.3, 0.4) is 0 Å². The van der Waals surface area contributed by atoms with Gasteiger partial charge < -0.3 is 14.8 Å². The van der Waals surface area contributed by atoms with Crippen LogP contribution in [-0.4, -0.2) is 23.2 Å². The van der Waals surface area contributed by atoms with E-state index in [-0.39, 0.29) is 17.7 Å². The second-order valence-electron chi connectivity index (χ2n) is 6.82. The average Bonchev–Trinajstić information content (AvgIpc) is 2.66. The van der Waals surface area contributed by atoms with Gasteiger partial charge in [-0.1, -0.05) is 36.4 Å². The quantitative estimate of drug-likeness (QED) is 0.761. The van der Waals surface area contributed by atoms with Gasteiger partial charge in [-0.2, -0.15) is 0 Å². The average molecular weight is 349 g/mol. The van der Waals surface area contributed by atoms with Gasteiger partial charge in [0.05, 0.1) is 11.0 Å². The molecule has 1 aliphatic carbocycles. The number of amides is 1. The fraction of sp³-hybridized carbons (Fsp3) is 0.238. The normalized spacial score (nSPS) is 19.1. The molecule has 0 saturated heterocycles. The predicted molar refractivity (Wildman–Crippen MR) is 98.2 cm³/mol. The summed E-state index contributed by atoms with van der Waals surface area (Å²) in [5.41, 5.74) is 1.45. The molecule has 5 nitrogen and oxygen atoms in total. The highest BCUT2D eigenvalue weighted by molar-refractivity contribution is 5.93. The Balaban J connectivity index is 1.50. The minimum Gasteiger partial charge on any atom is -0.451 e. The van der Waals surface area contributed by atoms with Gasteiger partial charge in [0, 0.05) is 19.0 Å². The summed E-state index contributed by atoms with van der Waals surface area (Å²) < 4.78 is 5.54. The van der Waals surface area contributed by atoms with Crippen molar-refractivity contribution < 1.29 is 14.3 Å². The number of hydrogen-bond acceptors (Lipinski definition) is 4. The number of aliphatic hydroxyl groups is 1. The first-order valence-corrected chi connectivity index (χ1v) is 8.64. The van der Waals surface area contributed by atoms with Crippen molar-refractivity contribution in [3.05, 3.63) is 81.7 Å². The van der Waals surface area contributed by atoms with Crippen molar-refractivity contribution in [2.75, 3.05) is 6.54 Å². The molecule has 0 saturated carbocycles. The molecule has 0 bridgehead atoms. The maximum Gasteiger partial charge on any atom is 0.287 e. The zero-order valence-corrected chi connectivity index (χ0v) is 14.2. The Bertz CT molecular complexity index is 1040. The maximum atomic E-state index is 12.4. The van der Waals surface area contributed by atoms with E-state index in [2.05, 4.69) is 11.4 Å². The Kier molecular flexibility index (Phi) is 4.09. The van der Waals surface area contributed by atoms with Gasteiger partial charge in [0.2, 0.25) is 0 Å². The van der Waals surface area contributed by atoms with Crippen LogP contribution in [0.2, 0.25) is 0 Å². The zero-order valence-electron chi connectivity index (χ0n) is 14.2. The third kappa shape index (κ3) is 3.13. The van der Waals surface area contributed by atoms with E-state index in [1.165, 1.54) is 11.6 Å². The van der Waals surface area contributed by atoms with E-state index in [0.717, 1.165) is 12.0 Å². The Labute approximate surface area is 150 Å². The van der Waals surface area contributed by atoms with E-state index < -0.39 is 11.5 Å². The summed E-state index contributed by atoms with van der Waals surface area (Å²) in [5.74, 6) is -0.548. The zero-order chi connectivity index (χ0) is 18.1. The first-order chi connectivity index (χ1) is 12.5. The summed E-state index contributed by atoms with van der Waals surface area (Å²) in [5, 5.41) is 14.0. The van der Waals surface area contributed by atoms with Crippen LogP contribution in [0, 0.1) is 0 Å². The molecule has 0 aliphatic heterocycles. The minimum absolute atomic E-state index is 0.0477. The summed E-state index contributed by atoms with van der Waals surface area (Å²) in [6.45, 7) is 0.108. The summed E-state index contributed by atoms with van der Waals surface area (Å²) in [6.07, 6.45) is 1.84. The van der Waals surface area contributed by atoms with Crippen molar-refractivity contribution >= 4 is 16.9 Å². The van der Waals surface area contributed by atoms with Gasteiger partial charge in [-0.3, -0.25) is 9.59 Å². The van der Waals surface area contributed by atoms with Crippen LogP contribution in [0.4, 0.5) is 0 Å². The number of fused-ring (bicyclic) bond motifs is 2. The van der Waals surface area contributed by atoms with Crippen molar-refractivity contribution in [2.24, 2.45) is 0 Å². The second-order valence-corrected chi connectivity index (χ2v) is 6.82. The molecular weight excluding hydrogens is 330 g/mol. The third-order valence-electron chi connectivity index (χ3n) is 4.93. The van der Waals surface area contributed by atoms with E-state index in [9.17, 15) is 14.7 Å². The molecule has 0 radical (unpaired) electrons. The van der Waals surface area contributed by atoms with Gasteiger partial charge in [0.15, 0.2) is 11.2 Å². The lowest BCUT2D eigenvalue weighted by Gasteiger charge is -2.33. The van der Waals surface area contributed by atoms with Gasteiger partial charge in [-0.25, -0.2) is 0 Å². The first-order valence-electron chi connectivity index (χ1n) is 8.64. The van der Waals surface area contributed by atoms with Gasteiger partial charge >= 0.3 is 0 Å². The molecule has 1 heterocycles. The Morgan fingerprint density at radius 1 is 1.12 bits per heavy atom. The molecule has 5 heteroatoms. The second kappa shape index (κ2) is 6.42. The SMILES string of the molecule is O=C(NCC1(O)CCc2ccccc2C1)c1cc(=O)c2ccccc2o1. The Morgan fingerprint density at radius 2 is 1.85 bits per heavy atom. The molecule has 1 unspecified atom stereocenters. The molecule has 132 valence electrons. The molecule has 0 fully saturated rings. The van der Waals surface area contributed by atoms with Crippen LogP contribution >= 0.6 is 0 Å². The molecule has 3 aromatic rings. The summed E-state index contributed by atoms with van der Waals surface area (Å²) >= 11 is 0. The maximum absolute atomic E-state index is 12.4. The third-order valence-corrected chi connectivity index (χ3v) is 4.93.